The topological polar surface area (TPSA) is 35.6 Å². The molecule has 0 spiro atoms. The van der Waals surface area contributed by atoms with E-state index in [2.05, 4.69) is 10.2 Å². The van der Waals surface area contributed by atoms with Crippen LogP contribution < -0.4 is 5.32 Å². The summed E-state index contributed by atoms with van der Waals surface area (Å²) in [6.45, 7) is 8.60. The summed E-state index contributed by atoms with van der Waals surface area (Å²) in [6, 6.07) is 4.05. The maximum Gasteiger partial charge on any atom is 0.416 e. The number of halogens is 3. The molecule has 25 heavy (non-hydrogen) atoms. The molecule has 2 rings (SSSR count). The number of hydrogen-bond donors (Lipinski definition) is 1. The number of benzene rings is 1. The Bertz CT molecular complexity index is 615. The number of carbonyl (C=O) groups excluding carboxylic acids is 1. The molecule has 4 nitrogen and oxygen atoms in total. The first-order chi connectivity index (χ1) is 11.5. The van der Waals surface area contributed by atoms with Gasteiger partial charge in [0, 0.05) is 43.8 Å². The summed E-state index contributed by atoms with van der Waals surface area (Å²) in [5, 5.41) is 2.57. The average Bonchev–Trinajstić information content (AvgIpc) is 2.49. The van der Waals surface area contributed by atoms with Gasteiger partial charge in [-0.25, -0.2) is 0 Å². The van der Waals surface area contributed by atoms with Crippen LogP contribution in [0.5, 0.6) is 0 Å². The molecule has 1 saturated heterocycles. The van der Waals surface area contributed by atoms with Crippen LogP contribution in [-0.2, 0) is 17.5 Å². The molecule has 0 radical (unpaired) electrons. The number of likely N-dealkylation sites (N-methyl/N-ethyl adjacent to an activating group) is 1. The monoisotopic (exact) mass is 357 g/mol. The number of nitrogens with zero attached hydrogens (tertiary/aromatic N) is 2. The fourth-order valence-corrected chi connectivity index (χ4v) is 2.62. The Morgan fingerprint density at radius 1 is 1.12 bits per heavy atom. The first kappa shape index (κ1) is 19.7. The fourth-order valence-electron chi connectivity index (χ4n) is 2.62. The number of anilines is 1. The molecule has 1 aromatic carbocycles. The molecule has 1 fully saturated rings. The molecule has 140 valence electrons. The molecule has 0 aliphatic carbocycles. The van der Waals surface area contributed by atoms with Crippen molar-refractivity contribution in [1.82, 2.24) is 9.80 Å². The summed E-state index contributed by atoms with van der Waals surface area (Å²) in [5.41, 5.74) is -0.935. The lowest BCUT2D eigenvalue weighted by Crippen LogP contribution is -2.44. The Morgan fingerprint density at radius 3 is 2.24 bits per heavy atom. The zero-order valence-corrected chi connectivity index (χ0v) is 15.2. The predicted molar refractivity (Wildman–Crippen MR) is 92.3 cm³/mol. The number of alkyl halides is 3. The van der Waals surface area contributed by atoms with Crippen molar-refractivity contribution in [2.24, 2.45) is 5.41 Å². The Labute approximate surface area is 147 Å². The second-order valence-electron chi connectivity index (χ2n) is 7.65. The third kappa shape index (κ3) is 5.44. The molecule has 1 heterocycles. The second kappa shape index (κ2) is 7.33. The van der Waals surface area contributed by atoms with Crippen molar-refractivity contribution in [3.63, 3.8) is 0 Å². The molecule has 1 N–H and O–H groups in total. The van der Waals surface area contributed by atoms with E-state index in [0.29, 0.717) is 0 Å². The highest BCUT2D eigenvalue weighted by Crippen LogP contribution is 2.35. The van der Waals surface area contributed by atoms with Crippen LogP contribution in [0.4, 0.5) is 18.9 Å². The van der Waals surface area contributed by atoms with Crippen LogP contribution >= 0.6 is 0 Å². The number of nitrogens with one attached hydrogen (secondary N) is 1. The van der Waals surface area contributed by atoms with Gasteiger partial charge in [0.1, 0.15) is 0 Å². The normalized spacial score (nSPS) is 17.6. The molecule has 1 aliphatic heterocycles. The van der Waals surface area contributed by atoms with Gasteiger partial charge in [-0.15, -0.1) is 0 Å². The molecular formula is C18H26F3N3O. The van der Waals surface area contributed by atoms with Crippen molar-refractivity contribution in [3.05, 3.63) is 29.3 Å². The van der Waals surface area contributed by atoms with Gasteiger partial charge in [0.15, 0.2) is 0 Å². The molecule has 1 amide bonds. The number of piperazine rings is 1. The van der Waals surface area contributed by atoms with Crippen molar-refractivity contribution >= 4 is 11.6 Å². The van der Waals surface area contributed by atoms with Gasteiger partial charge >= 0.3 is 6.18 Å². The number of hydrogen-bond acceptors (Lipinski definition) is 3. The molecule has 0 unspecified atom stereocenters. The van der Waals surface area contributed by atoms with E-state index >= 15 is 0 Å². The van der Waals surface area contributed by atoms with Crippen LogP contribution in [0, 0.1) is 5.41 Å². The molecule has 1 aromatic rings. The Morgan fingerprint density at radius 2 is 1.72 bits per heavy atom. The maximum absolute atomic E-state index is 13.5. The summed E-state index contributed by atoms with van der Waals surface area (Å²) in [7, 11) is 2.01. The zero-order chi connectivity index (χ0) is 18.8. The van der Waals surface area contributed by atoms with Crippen molar-refractivity contribution in [1.29, 1.82) is 0 Å². The van der Waals surface area contributed by atoms with Gasteiger partial charge < -0.3 is 10.2 Å². The number of amides is 1. The van der Waals surface area contributed by atoms with Gasteiger partial charge in [-0.1, -0.05) is 26.8 Å². The van der Waals surface area contributed by atoms with Gasteiger partial charge in [0.25, 0.3) is 0 Å². The largest absolute Gasteiger partial charge is 0.416 e. The molecule has 7 heteroatoms. The molecule has 1 aliphatic rings. The molecular weight excluding hydrogens is 331 g/mol. The third-order valence-electron chi connectivity index (χ3n) is 4.34. The highest BCUT2D eigenvalue weighted by molar-refractivity contribution is 5.94. The standard InChI is InChI=1S/C18H26F3N3O/c1-17(2,3)16(25)22-14-6-5-13(15(11-14)18(19,20)21)12-24-9-7-23(4)8-10-24/h5-6,11H,7-10,12H2,1-4H3,(H,22,25). The quantitative estimate of drug-likeness (QED) is 0.900. The summed E-state index contributed by atoms with van der Waals surface area (Å²) < 4.78 is 40.4. The minimum Gasteiger partial charge on any atom is -0.326 e. The number of carbonyl (C=O) groups is 1. The zero-order valence-electron chi connectivity index (χ0n) is 15.2. The van der Waals surface area contributed by atoms with Crippen molar-refractivity contribution in [2.75, 3.05) is 38.5 Å². The predicted octanol–water partition coefficient (Wildman–Crippen LogP) is 3.44. The van der Waals surface area contributed by atoms with Crippen molar-refractivity contribution < 1.29 is 18.0 Å². The molecule has 0 atom stereocenters. The van der Waals surface area contributed by atoms with E-state index in [0.717, 1.165) is 32.2 Å². The Balaban J connectivity index is 2.21. The van der Waals surface area contributed by atoms with Crippen LogP contribution in [0.15, 0.2) is 18.2 Å². The summed E-state index contributed by atoms with van der Waals surface area (Å²) in [6.07, 6.45) is -4.45. The van der Waals surface area contributed by atoms with E-state index in [1.807, 2.05) is 11.9 Å². The van der Waals surface area contributed by atoms with Crippen LogP contribution in [0.3, 0.4) is 0 Å². The molecule has 0 saturated carbocycles. The third-order valence-corrected chi connectivity index (χ3v) is 4.34. The average molecular weight is 357 g/mol. The summed E-state index contributed by atoms with van der Waals surface area (Å²) in [4.78, 5) is 16.2. The van der Waals surface area contributed by atoms with E-state index in [-0.39, 0.29) is 23.7 Å². The fraction of sp³-hybridized carbons (Fsp3) is 0.611. The highest BCUT2D eigenvalue weighted by atomic mass is 19.4. The van der Waals surface area contributed by atoms with E-state index < -0.39 is 17.2 Å². The minimum atomic E-state index is -4.45. The van der Waals surface area contributed by atoms with Crippen molar-refractivity contribution in [2.45, 2.75) is 33.5 Å². The maximum atomic E-state index is 13.5. The molecule has 0 bridgehead atoms. The lowest BCUT2D eigenvalue weighted by atomic mass is 9.95. The first-order valence-corrected chi connectivity index (χ1v) is 8.39. The molecule has 0 aromatic heterocycles. The van der Waals surface area contributed by atoms with Gasteiger partial charge in [0.2, 0.25) is 5.91 Å². The van der Waals surface area contributed by atoms with Gasteiger partial charge in [-0.05, 0) is 24.7 Å². The Hall–Kier alpha value is -1.60. The lowest BCUT2D eigenvalue weighted by Gasteiger charge is -2.33. The van der Waals surface area contributed by atoms with Crippen LogP contribution in [0.1, 0.15) is 31.9 Å². The number of rotatable bonds is 3. The second-order valence-corrected chi connectivity index (χ2v) is 7.65. The Kier molecular flexibility index (Phi) is 5.79. The van der Waals surface area contributed by atoms with Crippen LogP contribution in [0.25, 0.3) is 0 Å². The minimum absolute atomic E-state index is 0.175. The van der Waals surface area contributed by atoms with Crippen molar-refractivity contribution in [3.8, 4) is 0 Å². The van der Waals surface area contributed by atoms with E-state index in [4.69, 9.17) is 0 Å². The smallest absolute Gasteiger partial charge is 0.326 e. The van der Waals surface area contributed by atoms with Crippen LogP contribution in [0.2, 0.25) is 0 Å². The van der Waals surface area contributed by atoms with E-state index in [1.54, 1.807) is 26.8 Å². The van der Waals surface area contributed by atoms with Gasteiger partial charge in [0.05, 0.1) is 5.56 Å². The van der Waals surface area contributed by atoms with E-state index in [1.165, 1.54) is 6.07 Å². The summed E-state index contributed by atoms with van der Waals surface area (Å²) in [5.74, 6) is -0.313. The van der Waals surface area contributed by atoms with Gasteiger partial charge in [-0.2, -0.15) is 13.2 Å². The van der Waals surface area contributed by atoms with Crippen LogP contribution in [-0.4, -0.2) is 48.9 Å². The van der Waals surface area contributed by atoms with Gasteiger partial charge in [-0.3, -0.25) is 9.69 Å². The lowest BCUT2D eigenvalue weighted by molar-refractivity contribution is -0.138. The highest BCUT2D eigenvalue weighted by Gasteiger charge is 2.34. The van der Waals surface area contributed by atoms with E-state index in [9.17, 15) is 18.0 Å². The summed E-state index contributed by atoms with van der Waals surface area (Å²) >= 11 is 0. The first-order valence-electron chi connectivity index (χ1n) is 8.39. The SMILES string of the molecule is CN1CCN(Cc2ccc(NC(=O)C(C)(C)C)cc2C(F)(F)F)CC1.